The third-order valence-corrected chi connectivity index (χ3v) is 2.36. The Balaban J connectivity index is 2.68. The van der Waals surface area contributed by atoms with Crippen molar-refractivity contribution in [3.05, 3.63) is 30.4 Å². The fourth-order valence-electron chi connectivity index (χ4n) is 1.67. The molecule has 0 radical (unpaired) electrons. The Bertz CT molecular complexity index is 458. The second-order valence-corrected chi connectivity index (χ2v) is 5.77. The standard InChI is InChI=1S/C14H23N3O2/c1-10(2)8-17-9-15-7-12(17)11(3)16-13(18)19-14(4,5)6/h7,9,11H,1,8H2,2-6H3,(H,16,18). The lowest BCUT2D eigenvalue weighted by molar-refractivity contribution is 0.0506. The molecule has 0 saturated heterocycles. The van der Waals surface area contributed by atoms with Gasteiger partial charge in [0.05, 0.1) is 24.3 Å². The van der Waals surface area contributed by atoms with E-state index >= 15 is 0 Å². The minimum atomic E-state index is -0.498. The normalized spacial score (nSPS) is 12.9. The van der Waals surface area contributed by atoms with Gasteiger partial charge in [-0.15, -0.1) is 0 Å². The molecule has 19 heavy (non-hydrogen) atoms. The summed E-state index contributed by atoms with van der Waals surface area (Å²) in [6.07, 6.45) is 3.05. The Morgan fingerprint density at radius 1 is 1.58 bits per heavy atom. The molecule has 1 aromatic heterocycles. The minimum Gasteiger partial charge on any atom is -0.444 e. The molecule has 1 rings (SSSR count). The van der Waals surface area contributed by atoms with Gasteiger partial charge in [-0.25, -0.2) is 9.78 Å². The van der Waals surface area contributed by atoms with E-state index in [9.17, 15) is 4.79 Å². The van der Waals surface area contributed by atoms with E-state index < -0.39 is 11.7 Å². The van der Waals surface area contributed by atoms with Crippen LogP contribution < -0.4 is 5.32 Å². The first-order valence-corrected chi connectivity index (χ1v) is 6.33. The molecule has 1 amide bonds. The van der Waals surface area contributed by atoms with E-state index in [1.165, 1.54) is 0 Å². The highest BCUT2D eigenvalue weighted by Crippen LogP contribution is 2.14. The smallest absolute Gasteiger partial charge is 0.408 e. The quantitative estimate of drug-likeness (QED) is 0.851. The fourth-order valence-corrected chi connectivity index (χ4v) is 1.67. The number of allylic oxidation sites excluding steroid dienone is 1. The topological polar surface area (TPSA) is 56.2 Å². The summed E-state index contributed by atoms with van der Waals surface area (Å²) in [4.78, 5) is 15.8. The summed E-state index contributed by atoms with van der Waals surface area (Å²) in [7, 11) is 0. The predicted molar refractivity (Wildman–Crippen MR) is 74.8 cm³/mol. The summed E-state index contributed by atoms with van der Waals surface area (Å²) in [6.45, 7) is 13.9. The lowest BCUT2D eigenvalue weighted by Crippen LogP contribution is -2.34. The van der Waals surface area contributed by atoms with Crippen molar-refractivity contribution in [2.24, 2.45) is 0 Å². The van der Waals surface area contributed by atoms with Crippen LogP contribution in [0.1, 0.15) is 46.4 Å². The van der Waals surface area contributed by atoms with Gasteiger partial charge in [0.2, 0.25) is 0 Å². The van der Waals surface area contributed by atoms with Gasteiger partial charge in [0, 0.05) is 6.54 Å². The number of carbonyl (C=O) groups is 1. The number of imidazole rings is 1. The van der Waals surface area contributed by atoms with Gasteiger partial charge < -0.3 is 14.6 Å². The highest BCUT2D eigenvalue weighted by atomic mass is 16.6. The van der Waals surface area contributed by atoms with Crippen molar-refractivity contribution in [2.75, 3.05) is 0 Å². The molecular weight excluding hydrogens is 242 g/mol. The van der Waals surface area contributed by atoms with Crippen molar-refractivity contribution >= 4 is 6.09 Å². The van der Waals surface area contributed by atoms with Crippen LogP contribution >= 0.6 is 0 Å². The monoisotopic (exact) mass is 265 g/mol. The maximum atomic E-state index is 11.7. The number of nitrogens with zero attached hydrogens (tertiary/aromatic N) is 2. The van der Waals surface area contributed by atoms with Gasteiger partial charge in [0.1, 0.15) is 5.60 Å². The van der Waals surface area contributed by atoms with Crippen molar-refractivity contribution in [3.8, 4) is 0 Å². The zero-order valence-electron chi connectivity index (χ0n) is 12.4. The molecular formula is C14H23N3O2. The lowest BCUT2D eigenvalue weighted by Gasteiger charge is -2.22. The van der Waals surface area contributed by atoms with Gasteiger partial charge in [0.15, 0.2) is 0 Å². The molecule has 1 aromatic rings. The molecule has 0 saturated carbocycles. The number of ether oxygens (including phenoxy) is 1. The SMILES string of the molecule is C=C(C)Cn1cncc1C(C)NC(=O)OC(C)(C)C. The average Bonchev–Trinajstić information content (AvgIpc) is 2.61. The maximum Gasteiger partial charge on any atom is 0.408 e. The van der Waals surface area contributed by atoms with Crippen molar-refractivity contribution in [1.82, 2.24) is 14.9 Å². The molecule has 5 heteroatoms. The van der Waals surface area contributed by atoms with Gasteiger partial charge in [-0.05, 0) is 34.6 Å². The number of hydrogen-bond acceptors (Lipinski definition) is 3. The number of aromatic nitrogens is 2. The van der Waals surface area contributed by atoms with Gasteiger partial charge in [-0.1, -0.05) is 12.2 Å². The van der Waals surface area contributed by atoms with Crippen LogP contribution in [0, 0.1) is 0 Å². The minimum absolute atomic E-state index is 0.170. The summed E-state index contributed by atoms with van der Waals surface area (Å²) in [5.41, 5.74) is 1.46. The highest BCUT2D eigenvalue weighted by Gasteiger charge is 2.19. The second-order valence-electron chi connectivity index (χ2n) is 5.77. The van der Waals surface area contributed by atoms with Crippen molar-refractivity contribution in [1.29, 1.82) is 0 Å². The van der Waals surface area contributed by atoms with Crippen LogP contribution in [0.4, 0.5) is 4.79 Å². The molecule has 0 aliphatic carbocycles. The van der Waals surface area contributed by atoms with Crippen molar-refractivity contribution in [2.45, 2.75) is 52.8 Å². The summed E-state index contributed by atoms with van der Waals surface area (Å²) in [5.74, 6) is 0. The fraction of sp³-hybridized carbons (Fsp3) is 0.571. The van der Waals surface area contributed by atoms with E-state index in [4.69, 9.17) is 4.74 Å². The van der Waals surface area contributed by atoms with Crippen LogP contribution in [0.3, 0.4) is 0 Å². The number of hydrogen-bond donors (Lipinski definition) is 1. The lowest BCUT2D eigenvalue weighted by atomic mass is 10.2. The predicted octanol–water partition coefficient (Wildman–Crippen LogP) is 3.04. The van der Waals surface area contributed by atoms with Gasteiger partial charge in [-0.3, -0.25) is 0 Å². The third kappa shape index (κ3) is 5.16. The summed E-state index contributed by atoms with van der Waals surface area (Å²) < 4.78 is 7.19. The Morgan fingerprint density at radius 3 is 2.74 bits per heavy atom. The second kappa shape index (κ2) is 5.91. The Kier molecular flexibility index (Phi) is 4.75. The van der Waals surface area contributed by atoms with Gasteiger partial charge >= 0.3 is 6.09 Å². The highest BCUT2D eigenvalue weighted by molar-refractivity contribution is 5.68. The summed E-state index contributed by atoms with van der Waals surface area (Å²) in [5, 5.41) is 2.80. The molecule has 1 N–H and O–H groups in total. The third-order valence-electron chi connectivity index (χ3n) is 2.36. The first kappa shape index (κ1) is 15.3. The van der Waals surface area contributed by atoms with Crippen LogP contribution in [0.15, 0.2) is 24.7 Å². The van der Waals surface area contributed by atoms with E-state index in [1.54, 1.807) is 12.5 Å². The molecule has 1 heterocycles. The average molecular weight is 265 g/mol. The van der Waals surface area contributed by atoms with E-state index in [1.807, 2.05) is 39.2 Å². The van der Waals surface area contributed by atoms with E-state index in [2.05, 4.69) is 16.9 Å². The number of rotatable bonds is 4. The molecule has 0 aliphatic rings. The number of alkyl carbamates (subject to hydrolysis) is 1. The number of nitrogens with one attached hydrogen (secondary N) is 1. The van der Waals surface area contributed by atoms with Crippen LogP contribution in [0.25, 0.3) is 0 Å². The molecule has 0 aliphatic heterocycles. The zero-order valence-corrected chi connectivity index (χ0v) is 12.4. The molecule has 1 atom stereocenters. The molecule has 0 spiro atoms. The first-order valence-electron chi connectivity index (χ1n) is 6.33. The van der Waals surface area contributed by atoms with E-state index in [0.29, 0.717) is 6.54 Å². The van der Waals surface area contributed by atoms with Gasteiger partial charge in [0.25, 0.3) is 0 Å². The Labute approximate surface area is 114 Å². The van der Waals surface area contributed by atoms with E-state index in [-0.39, 0.29) is 6.04 Å². The first-order chi connectivity index (χ1) is 8.69. The zero-order chi connectivity index (χ0) is 14.6. The maximum absolute atomic E-state index is 11.7. The van der Waals surface area contributed by atoms with Crippen LogP contribution in [-0.2, 0) is 11.3 Å². The van der Waals surface area contributed by atoms with E-state index in [0.717, 1.165) is 11.3 Å². The number of carbonyl (C=O) groups excluding carboxylic acids is 1. The van der Waals surface area contributed by atoms with Crippen LogP contribution in [0.2, 0.25) is 0 Å². The number of amides is 1. The van der Waals surface area contributed by atoms with Gasteiger partial charge in [-0.2, -0.15) is 0 Å². The van der Waals surface area contributed by atoms with Crippen LogP contribution in [0.5, 0.6) is 0 Å². The largest absolute Gasteiger partial charge is 0.444 e. The molecule has 1 unspecified atom stereocenters. The van der Waals surface area contributed by atoms with Crippen molar-refractivity contribution in [3.63, 3.8) is 0 Å². The Hall–Kier alpha value is -1.78. The Morgan fingerprint density at radius 2 is 2.21 bits per heavy atom. The molecule has 0 aromatic carbocycles. The summed E-state index contributed by atoms with van der Waals surface area (Å²) >= 11 is 0. The van der Waals surface area contributed by atoms with Crippen LogP contribution in [-0.4, -0.2) is 21.2 Å². The molecule has 106 valence electrons. The molecule has 0 fully saturated rings. The molecule has 5 nitrogen and oxygen atoms in total. The van der Waals surface area contributed by atoms with Crippen molar-refractivity contribution < 1.29 is 9.53 Å². The summed E-state index contributed by atoms with van der Waals surface area (Å²) in [6, 6.07) is -0.170. The molecule has 0 bridgehead atoms.